The van der Waals surface area contributed by atoms with E-state index in [2.05, 4.69) is 5.32 Å². The highest BCUT2D eigenvalue weighted by molar-refractivity contribution is 5.33. The molecule has 1 fully saturated rings. The Morgan fingerprint density at radius 2 is 1.83 bits per heavy atom. The zero-order valence-corrected chi connectivity index (χ0v) is 11.1. The molecule has 1 aliphatic rings. The summed E-state index contributed by atoms with van der Waals surface area (Å²) in [6, 6.07) is 6.95. The summed E-state index contributed by atoms with van der Waals surface area (Å²) in [6.07, 6.45) is 3.39. The molecule has 3 heteroatoms. The molecule has 100 valence electrons. The Labute approximate surface area is 108 Å². The van der Waals surface area contributed by atoms with Gasteiger partial charge in [-0.2, -0.15) is 0 Å². The number of hydrogen-bond acceptors (Lipinski definition) is 1. The molecule has 0 spiro atoms. The van der Waals surface area contributed by atoms with E-state index in [0.29, 0.717) is 0 Å². The number of benzene rings is 1. The van der Waals surface area contributed by atoms with Crippen LogP contribution in [0.5, 0.6) is 0 Å². The van der Waals surface area contributed by atoms with E-state index in [9.17, 15) is 8.78 Å². The van der Waals surface area contributed by atoms with Gasteiger partial charge in [-0.05, 0) is 25.5 Å². The molecule has 1 aromatic rings. The maximum atomic E-state index is 13.5. The first-order chi connectivity index (χ1) is 8.54. The second-order valence-corrected chi connectivity index (χ2v) is 5.30. The van der Waals surface area contributed by atoms with Crippen molar-refractivity contribution in [3.05, 3.63) is 35.4 Å². The summed E-state index contributed by atoms with van der Waals surface area (Å²) in [7, 11) is 1.94. The van der Waals surface area contributed by atoms with E-state index in [4.69, 9.17) is 0 Å². The Balaban J connectivity index is 2.22. The summed E-state index contributed by atoms with van der Waals surface area (Å²) in [5.41, 5.74) is 1.50. The molecule has 0 bridgehead atoms. The van der Waals surface area contributed by atoms with E-state index in [1.165, 1.54) is 18.9 Å². The Kier molecular flexibility index (Phi) is 3.71. The topological polar surface area (TPSA) is 12.0 Å². The quantitative estimate of drug-likeness (QED) is 0.841. The van der Waals surface area contributed by atoms with Crippen LogP contribution >= 0.6 is 0 Å². The lowest BCUT2D eigenvalue weighted by atomic mass is 9.64. The molecule has 0 unspecified atom stereocenters. The molecule has 1 aromatic carbocycles. The lowest BCUT2D eigenvalue weighted by Gasteiger charge is -2.42. The molecule has 0 amide bonds. The van der Waals surface area contributed by atoms with Gasteiger partial charge < -0.3 is 5.32 Å². The van der Waals surface area contributed by atoms with Crippen molar-refractivity contribution >= 4 is 0 Å². The maximum absolute atomic E-state index is 13.5. The molecular weight excluding hydrogens is 232 g/mol. The number of hydrogen-bond donors (Lipinski definition) is 1. The molecule has 0 heterocycles. The van der Waals surface area contributed by atoms with Crippen molar-refractivity contribution in [3.8, 4) is 0 Å². The Morgan fingerprint density at radius 3 is 2.22 bits per heavy atom. The fraction of sp³-hybridized carbons (Fsp3) is 0.600. The molecule has 1 saturated carbocycles. The first-order valence-electron chi connectivity index (χ1n) is 6.67. The fourth-order valence-electron chi connectivity index (χ4n) is 2.78. The van der Waals surface area contributed by atoms with Crippen molar-refractivity contribution in [1.82, 2.24) is 5.32 Å². The molecule has 1 aliphatic carbocycles. The minimum absolute atomic E-state index is 0.132. The Morgan fingerprint density at radius 1 is 1.22 bits per heavy atom. The molecule has 2 rings (SSSR count). The van der Waals surface area contributed by atoms with Crippen molar-refractivity contribution in [1.29, 1.82) is 0 Å². The van der Waals surface area contributed by atoms with E-state index in [-0.39, 0.29) is 17.4 Å². The second-order valence-electron chi connectivity index (χ2n) is 5.30. The van der Waals surface area contributed by atoms with E-state index >= 15 is 0 Å². The predicted molar refractivity (Wildman–Crippen MR) is 70.1 cm³/mol. The standard InChI is InChI=1S/C15H21F2N/c1-3-15(16,17)13-7-5-12(6-8-13)14(11-18-2)9-4-10-14/h5-8,18H,3-4,9-11H2,1-2H3. The van der Waals surface area contributed by atoms with Gasteiger partial charge in [-0.25, -0.2) is 8.78 Å². The van der Waals surface area contributed by atoms with Crippen LogP contribution in [0, 0.1) is 0 Å². The van der Waals surface area contributed by atoms with E-state index in [1.54, 1.807) is 12.1 Å². The number of alkyl halides is 2. The third-order valence-electron chi connectivity index (χ3n) is 4.19. The van der Waals surface area contributed by atoms with Gasteiger partial charge in [-0.1, -0.05) is 37.6 Å². The molecule has 1 N–H and O–H groups in total. The van der Waals surface area contributed by atoms with Crippen molar-refractivity contribution in [3.63, 3.8) is 0 Å². The summed E-state index contributed by atoms with van der Waals surface area (Å²) in [6.45, 7) is 2.44. The summed E-state index contributed by atoms with van der Waals surface area (Å²) < 4.78 is 27.1. The highest BCUT2D eigenvalue weighted by atomic mass is 19.3. The normalized spacial score (nSPS) is 18.4. The molecule has 18 heavy (non-hydrogen) atoms. The highest BCUT2D eigenvalue weighted by Crippen LogP contribution is 2.43. The summed E-state index contributed by atoms with van der Waals surface area (Å²) in [5.74, 6) is -2.70. The summed E-state index contributed by atoms with van der Waals surface area (Å²) in [5, 5.41) is 3.22. The van der Waals surface area contributed by atoms with Crippen molar-refractivity contribution in [2.24, 2.45) is 0 Å². The van der Waals surface area contributed by atoms with Crippen LogP contribution in [0.2, 0.25) is 0 Å². The van der Waals surface area contributed by atoms with Crippen LogP contribution < -0.4 is 5.32 Å². The molecule has 0 atom stereocenters. The first-order valence-corrected chi connectivity index (χ1v) is 6.67. The van der Waals surface area contributed by atoms with Crippen LogP contribution in [0.1, 0.15) is 43.7 Å². The van der Waals surface area contributed by atoms with Crippen LogP contribution in [0.3, 0.4) is 0 Å². The second kappa shape index (κ2) is 4.96. The van der Waals surface area contributed by atoms with Crippen LogP contribution in [0.25, 0.3) is 0 Å². The average molecular weight is 253 g/mol. The van der Waals surface area contributed by atoms with Gasteiger partial charge in [0.25, 0.3) is 5.92 Å². The third-order valence-corrected chi connectivity index (χ3v) is 4.19. The predicted octanol–water partition coefficient (Wildman–Crippen LogP) is 3.83. The number of rotatable bonds is 5. The lowest BCUT2D eigenvalue weighted by Crippen LogP contribution is -2.42. The molecule has 0 saturated heterocycles. The maximum Gasteiger partial charge on any atom is 0.273 e. The van der Waals surface area contributed by atoms with Gasteiger partial charge in [-0.15, -0.1) is 0 Å². The van der Waals surface area contributed by atoms with Crippen molar-refractivity contribution < 1.29 is 8.78 Å². The molecular formula is C15H21F2N. The van der Waals surface area contributed by atoms with Gasteiger partial charge in [0.2, 0.25) is 0 Å². The van der Waals surface area contributed by atoms with Gasteiger partial charge in [0.1, 0.15) is 0 Å². The first kappa shape index (κ1) is 13.5. The van der Waals surface area contributed by atoms with Crippen LogP contribution in [0.4, 0.5) is 8.78 Å². The zero-order valence-electron chi connectivity index (χ0n) is 11.1. The zero-order chi connectivity index (χ0) is 13.2. The summed E-state index contributed by atoms with van der Waals surface area (Å²) in [4.78, 5) is 0. The average Bonchev–Trinajstić information content (AvgIpc) is 2.34. The largest absolute Gasteiger partial charge is 0.319 e. The van der Waals surface area contributed by atoms with Gasteiger partial charge in [-0.3, -0.25) is 0 Å². The number of halogens is 2. The lowest BCUT2D eigenvalue weighted by molar-refractivity contribution is -0.00833. The van der Waals surface area contributed by atoms with E-state index in [0.717, 1.165) is 19.4 Å². The van der Waals surface area contributed by atoms with Gasteiger partial charge in [0.05, 0.1) is 0 Å². The molecule has 0 radical (unpaired) electrons. The SMILES string of the molecule is CCC(F)(F)c1ccc(C2(CNC)CCC2)cc1. The number of nitrogens with one attached hydrogen (secondary N) is 1. The van der Waals surface area contributed by atoms with Gasteiger partial charge in [0, 0.05) is 23.9 Å². The highest BCUT2D eigenvalue weighted by Gasteiger charge is 2.38. The Bertz CT molecular complexity index is 393. The Hall–Kier alpha value is -0.960. The van der Waals surface area contributed by atoms with Crippen LogP contribution in [-0.2, 0) is 11.3 Å². The smallest absolute Gasteiger partial charge is 0.273 e. The van der Waals surface area contributed by atoms with Crippen LogP contribution in [0.15, 0.2) is 24.3 Å². The minimum Gasteiger partial charge on any atom is -0.319 e. The molecule has 0 aliphatic heterocycles. The van der Waals surface area contributed by atoms with Crippen LogP contribution in [-0.4, -0.2) is 13.6 Å². The summed E-state index contributed by atoms with van der Waals surface area (Å²) >= 11 is 0. The van der Waals surface area contributed by atoms with Gasteiger partial charge in [0.15, 0.2) is 0 Å². The third kappa shape index (κ3) is 2.28. The monoisotopic (exact) mass is 253 g/mol. The van der Waals surface area contributed by atoms with E-state index < -0.39 is 5.92 Å². The van der Waals surface area contributed by atoms with Crippen molar-refractivity contribution in [2.75, 3.05) is 13.6 Å². The van der Waals surface area contributed by atoms with Gasteiger partial charge >= 0.3 is 0 Å². The van der Waals surface area contributed by atoms with E-state index in [1.807, 2.05) is 19.2 Å². The van der Waals surface area contributed by atoms with Crippen molar-refractivity contribution in [2.45, 2.75) is 43.9 Å². The fourth-order valence-corrected chi connectivity index (χ4v) is 2.78. The molecule has 0 aromatic heterocycles. The minimum atomic E-state index is -2.70. The number of likely N-dealkylation sites (N-methyl/N-ethyl adjacent to an activating group) is 1. The molecule has 1 nitrogen and oxygen atoms in total.